The summed E-state index contributed by atoms with van der Waals surface area (Å²) in [5.74, 6) is 1.16. The number of hydrogen-bond donors (Lipinski definition) is 1. The van der Waals surface area contributed by atoms with Gasteiger partial charge in [0.25, 0.3) is 5.56 Å². The molecule has 0 atom stereocenters. The van der Waals surface area contributed by atoms with Gasteiger partial charge in [0.2, 0.25) is 5.16 Å². The van der Waals surface area contributed by atoms with Gasteiger partial charge in [-0.2, -0.15) is 0 Å². The minimum absolute atomic E-state index is 0.0801. The minimum atomic E-state index is -0.0801. The molecule has 104 valence electrons. The van der Waals surface area contributed by atoms with Crippen molar-refractivity contribution in [3.05, 3.63) is 26.6 Å². The number of nitrogens with zero attached hydrogens (tertiary/aromatic N) is 5. The summed E-state index contributed by atoms with van der Waals surface area (Å²) in [5, 5.41) is 12.6. The molecule has 0 amide bonds. The van der Waals surface area contributed by atoms with E-state index in [1.807, 2.05) is 13.8 Å². The second-order valence-electron chi connectivity index (χ2n) is 4.35. The predicted octanol–water partition coefficient (Wildman–Crippen LogP) is 1.42. The molecule has 0 unspecified atom stereocenters. The Hall–Kier alpha value is -1.74. The van der Waals surface area contributed by atoms with Crippen molar-refractivity contribution in [1.82, 2.24) is 30.2 Å². The molecule has 0 aliphatic rings. The zero-order valence-corrected chi connectivity index (χ0v) is 12.8. The molecule has 0 saturated carbocycles. The number of nitrogens with one attached hydrogen (secondary N) is 1. The number of hydrogen-bond acceptors (Lipinski definition) is 7. The van der Waals surface area contributed by atoms with Crippen molar-refractivity contribution in [3.8, 4) is 0 Å². The van der Waals surface area contributed by atoms with Gasteiger partial charge in [0.1, 0.15) is 10.7 Å². The van der Waals surface area contributed by atoms with Crippen LogP contribution in [0.5, 0.6) is 0 Å². The van der Waals surface area contributed by atoms with E-state index < -0.39 is 0 Å². The smallest absolute Gasteiger partial charge is 0.259 e. The number of aryl methyl sites for hydroxylation is 3. The molecule has 7 nitrogen and oxygen atoms in total. The number of fused-ring (bicyclic) bond motifs is 1. The van der Waals surface area contributed by atoms with E-state index >= 15 is 0 Å². The summed E-state index contributed by atoms with van der Waals surface area (Å²) in [5.41, 5.74) is 0.930. The van der Waals surface area contributed by atoms with Crippen molar-refractivity contribution in [1.29, 1.82) is 0 Å². The van der Waals surface area contributed by atoms with Gasteiger partial charge in [-0.25, -0.2) is 9.67 Å². The first kappa shape index (κ1) is 13.3. The van der Waals surface area contributed by atoms with Crippen LogP contribution in [0.3, 0.4) is 0 Å². The molecular weight excluding hydrogens is 296 g/mol. The van der Waals surface area contributed by atoms with Crippen molar-refractivity contribution in [3.63, 3.8) is 0 Å². The molecule has 3 aromatic heterocycles. The summed E-state index contributed by atoms with van der Waals surface area (Å²) in [6.45, 7) is 3.95. The van der Waals surface area contributed by atoms with Crippen molar-refractivity contribution in [2.24, 2.45) is 7.05 Å². The van der Waals surface area contributed by atoms with Crippen LogP contribution in [0, 0.1) is 13.8 Å². The van der Waals surface area contributed by atoms with Gasteiger partial charge in [-0.15, -0.1) is 16.4 Å². The Morgan fingerprint density at radius 1 is 1.40 bits per heavy atom. The van der Waals surface area contributed by atoms with E-state index in [0.29, 0.717) is 22.1 Å². The highest BCUT2D eigenvalue weighted by atomic mass is 32.2. The third kappa shape index (κ3) is 2.22. The Labute approximate surface area is 122 Å². The zero-order chi connectivity index (χ0) is 14.3. The third-order valence-electron chi connectivity index (χ3n) is 3.01. The lowest BCUT2D eigenvalue weighted by Crippen LogP contribution is -2.11. The predicted molar refractivity (Wildman–Crippen MR) is 78.1 cm³/mol. The lowest BCUT2D eigenvalue weighted by molar-refractivity contribution is 0.664. The Morgan fingerprint density at radius 3 is 2.90 bits per heavy atom. The average Bonchev–Trinajstić information content (AvgIpc) is 2.92. The van der Waals surface area contributed by atoms with Crippen LogP contribution >= 0.6 is 23.1 Å². The highest BCUT2D eigenvalue weighted by Crippen LogP contribution is 2.26. The Bertz CT molecular complexity index is 833. The van der Waals surface area contributed by atoms with Crippen molar-refractivity contribution >= 4 is 33.3 Å². The number of rotatable bonds is 3. The third-order valence-corrected chi connectivity index (χ3v) is 5.13. The fraction of sp³-hybridized carbons (Fsp3) is 0.364. The monoisotopic (exact) mass is 308 g/mol. The van der Waals surface area contributed by atoms with Gasteiger partial charge in [-0.3, -0.25) is 4.79 Å². The lowest BCUT2D eigenvalue weighted by atomic mass is 10.2. The first-order valence-corrected chi connectivity index (χ1v) is 7.70. The normalized spacial score (nSPS) is 11.3. The summed E-state index contributed by atoms with van der Waals surface area (Å²) >= 11 is 2.98. The maximum absolute atomic E-state index is 12.1. The molecule has 0 aliphatic carbocycles. The summed E-state index contributed by atoms with van der Waals surface area (Å²) in [6, 6.07) is 0. The molecule has 3 heterocycles. The zero-order valence-electron chi connectivity index (χ0n) is 11.2. The first-order valence-electron chi connectivity index (χ1n) is 5.90. The largest absolute Gasteiger partial charge is 0.309 e. The molecular formula is C11H12N6OS2. The highest BCUT2D eigenvalue weighted by molar-refractivity contribution is 7.98. The van der Waals surface area contributed by atoms with Crippen LogP contribution in [0.4, 0.5) is 0 Å². The molecule has 0 bridgehead atoms. The van der Waals surface area contributed by atoms with E-state index in [9.17, 15) is 4.79 Å². The van der Waals surface area contributed by atoms with Crippen LogP contribution in [-0.2, 0) is 12.8 Å². The van der Waals surface area contributed by atoms with Crippen molar-refractivity contribution < 1.29 is 0 Å². The average molecular weight is 308 g/mol. The Balaban J connectivity index is 1.93. The first-order chi connectivity index (χ1) is 9.56. The number of thioether (sulfide) groups is 1. The second-order valence-corrected chi connectivity index (χ2v) is 6.50. The summed E-state index contributed by atoms with van der Waals surface area (Å²) < 4.78 is 1.58. The number of thiophene rings is 1. The van der Waals surface area contributed by atoms with Crippen LogP contribution in [0.1, 0.15) is 16.3 Å². The van der Waals surface area contributed by atoms with Crippen molar-refractivity contribution in [2.45, 2.75) is 24.8 Å². The quantitative estimate of drug-likeness (QED) is 0.736. The molecule has 20 heavy (non-hydrogen) atoms. The van der Waals surface area contributed by atoms with E-state index in [0.717, 1.165) is 15.3 Å². The van der Waals surface area contributed by atoms with E-state index in [1.54, 1.807) is 23.1 Å². The molecule has 0 saturated heterocycles. The van der Waals surface area contributed by atoms with Gasteiger partial charge in [-0.05, 0) is 29.8 Å². The van der Waals surface area contributed by atoms with Gasteiger partial charge in [0, 0.05) is 11.9 Å². The maximum atomic E-state index is 12.1. The molecule has 9 heteroatoms. The molecule has 0 radical (unpaired) electrons. The maximum Gasteiger partial charge on any atom is 0.259 e. The number of aromatic nitrogens is 6. The van der Waals surface area contributed by atoms with Crippen molar-refractivity contribution in [2.75, 3.05) is 0 Å². The van der Waals surface area contributed by atoms with Crippen LogP contribution in [-0.4, -0.2) is 30.2 Å². The summed E-state index contributed by atoms with van der Waals surface area (Å²) in [7, 11) is 1.77. The van der Waals surface area contributed by atoms with Gasteiger partial charge in [0.05, 0.1) is 11.1 Å². The summed E-state index contributed by atoms with van der Waals surface area (Å²) in [6.07, 6.45) is 0. The molecule has 0 aromatic carbocycles. The SMILES string of the molecule is Cc1sc2nc(CSc3nnnn3C)[nH]c(=O)c2c1C. The van der Waals surface area contributed by atoms with Crippen LogP contribution in [0.15, 0.2) is 9.95 Å². The molecule has 3 rings (SSSR count). The molecule has 1 N–H and O–H groups in total. The number of H-pyrrole nitrogens is 1. The highest BCUT2D eigenvalue weighted by Gasteiger charge is 2.12. The van der Waals surface area contributed by atoms with E-state index in [1.165, 1.54) is 11.8 Å². The molecule has 0 spiro atoms. The van der Waals surface area contributed by atoms with Gasteiger partial charge < -0.3 is 4.98 Å². The number of tetrazole rings is 1. The lowest BCUT2D eigenvalue weighted by Gasteiger charge is -2.00. The van der Waals surface area contributed by atoms with Crippen LogP contribution in [0.2, 0.25) is 0 Å². The standard InChI is InChI=1S/C11H12N6OS2/c1-5-6(2)20-10-8(5)9(18)12-7(13-10)4-19-11-14-15-16-17(11)3/h4H2,1-3H3,(H,12,13,18). The fourth-order valence-corrected chi connectivity index (χ4v) is 3.61. The fourth-order valence-electron chi connectivity index (χ4n) is 1.84. The minimum Gasteiger partial charge on any atom is -0.309 e. The van der Waals surface area contributed by atoms with Gasteiger partial charge in [0.15, 0.2) is 0 Å². The van der Waals surface area contributed by atoms with Crippen LogP contribution < -0.4 is 5.56 Å². The molecule has 0 fully saturated rings. The van der Waals surface area contributed by atoms with Gasteiger partial charge >= 0.3 is 0 Å². The topological polar surface area (TPSA) is 89.3 Å². The van der Waals surface area contributed by atoms with Crippen LogP contribution in [0.25, 0.3) is 10.2 Å². The molecule has 3 aromatic rings. The second kappa shape index (κ2) is 4.98. The van der Waals surface area contributed by atoms with E-state index in [4.69, 9.17) is 0 Å². The summed E-state index contributed by atoms with van der Waals surface area (Å²) in [4.78, 5) is 21.4. The van der Waals surface area contributed by atoms with E-state index in [-0.39, 0.29) is 5.56 Å². The molecule has 0 aliphatic heterocycles. The Kier molecular flexibility index (Phi) is 3.30. The van der Waals surface area contributed by atoms with Gasteiger partial charge in [-0.1, -0.05) is 11.8 Å². The number of aromatic amines is 1. The van der Waals surface area contributed by atoms with E-state index in [2.05, 4.69) is 25.5 Å². The Morgan fingerprint density at radius 2 is 2.20 bits per heavy atom.